The third-order valence-electron chi connectivity index (χ3n) is 1.72. The number of allylic oxidation sites excluding steroid dienone is 1. The minimum absolute atomic E-state index is 0.0638. The zero-order valence-corrected chi connectivity index (χ0v) is 7.62. The summed E-state index contributed by atoms with van der Waals surface area (Å²) in [7, 11) is 1.58. The summed E-state index contributed by atoms with van der Waals surface area (Å²) in [6.07, 6.45) is 1.97. The number of rotatable bonds is 4. The highest BCUT2D eigenvalue weighted by atomic mass is 16.5. The minimum atomic E-state index is 0.0638. The van der Waals surface area contributed by atoms with E-state index in [-0.39, 0.29) is 5.78 Å². The predicted octanol–water partition coefficient (Wildman–Crippen LogP) is 2.45. The second-order valence-electron chi connectivity index (χ2n) is 2.65. The van der Waals surface area contributed by atoms with Crippen LogP contribution < -0.4 is 4.74 Å². The van der Waals surface area contributed by atoms with Crippen molar-refractivity contribution >= 4 is 5.78 Å². The number of carbonyl (C=O) groups is 1. The van der Waals surface area contributed by atoms with E-state index >= 15 is 0 Å². The van der Waals surface area contributed by atoms with Crippen molar-refractivity contribution in [1.29, 1.82) is 0 Å². The van der Waals surface area contributed by atoms with E-state index in [0.717, 1.165) is 0 Å². The highest BCUT2D eigenvalue weighted by molar-refractivity contribution is 5.97. The predicted molar refractivity (Wildman–Crippen MR) is 52.1 cm³/mol. The summed E-state index contributed by atoms with van der Waals surface area (Å²) in [6.45, 7) is 3.52. The molecule has 0 aliphatic heterocycles. The normalized spacial score (nSPS) is 9.31. The van der Waals surface area contributed by atoms with Crippen LogP contribution in [0.1, 0.15) is 16.8 Å². The Labute approximate surface area is 77.8 Å². The molecule has 0 radical (unpaired) electrons. The molecule has 0 N–H and O–H groups in total. The van der Waals surface area contributed by atoms with Crippen LogP contribution in [0.25, 0.3) is 0 Å². The molecule has 1 aromatic carbocycles. The van der Waals surface area contributed by atoms with E-state index in [9.17, 15) is 4.79 Å². The van der Waals surface area contributed by atoms with Gasteiger partial charge in [0.05, 0.1) is 7.11 Å². The Balaban J connectivity index is 2.87. The van der Waals surface area contributed by atoms with E-state index in [1.807, 2.05) is 6.07 Å². The first-order chi connectivity index (χ1) is 6.27. The summed E-state index contributed by atoms with van der Waals surface area (Å²) in [5.41, 5.74) is 0.666. The van der Waals surface area contributed by atoms with Crippen molar-refractivity contribution in [3.05, 3.63) is 42.5 Å². The molecule has 1 aromatic rings. The topological polar surface area (TPSA) is 26.3 Å². The number of ether oxygens (including phenoxy) is 1. The van der Waals surface area contributed by atoms with Gasteiger partial charge in [0, 0.05) is 12.0 Å². The van der Waals surface area contributed by atoms with Gasteiger partial charge in [-0.05, 0) is 12.1 Å². The van der Waals surface area contributed by atoms with Crippen LogP contribution in [0.4, 0.5) is 0 Å². The highest BCUT2D eigenvalue weighted by Crippen LogP contribution is 2.13. The van der Waals surface area contributed by atoms with E-state index in [0.29, 0.717) is 17.7 Å². The van der Waals surface area contributed by atoms with Gasteiger partial charge in [-0.2, -0.15) is 0 Å². The molecule has 0 unspecified atom stereocenters. The molecule has 1 rings (SSSR count). The van der Waals surface area contributed by atoms with Gasteiger partial charge in [-0.25, -0.2) is 0 Å². The van der Waals surface area contributed by atoms with Crippen molar-refractivity contribution in [2.45, 2.75) is 6.42 Å². The largest absolute Gasteiger partial charge is 0.497 e. The molecule has 0 aliphatic rings. The van der Waals surface area contributed by atoms with E-state index < -0.39 is 0 Å². The van der Waals surface area contributed by atoms with E-state index in [2.05, 4.69) is 6.58 Å². The fourth-order valence-corrected chi connectivity index (χ4v) is 1.05. The summed E-state index contributed by atoms with van der Waals surface area (Å²) in [4.78, 5) is 11.4. The molecule has 0 heterocycles. The van der Waals surface area contributed by atoms with Crippen LogP contribution in [0.15, 0.2) is 36.9 Å². The van der Waals surface area contributed by atoms with Gasteiger partial charge in [0.1, 0.15) is 5.75 Å². The van der Waals surface area contributed by atoms with Crippen LogP contribution >= 0.6 is 0 Å². The number of carbonyl (C=O) groups excluding carboxylic acids is 1. The smallest absolute Gasteiger partial charge is 0.166 e. The second-order valence-corrected chi connectivity index (χ2v) is 2.65. The summed E-state index contributed by atoms with van der Waals surface area (Å²) < 4.78 is 5.01. The maximum atomic E-state index is 11.4. The Morgan fingerprint density at radius 3 is 3.00 bits per heavy atom. The molecule has 0 saturated carbocycles. The van der Waals surface area contributed by atoms with Crippen LogP contribution in [-0.2, 0) is 0 Å². The first-order valence-corrected chi connectivity index (χ1v) is 4.06. The molecule has 0 aliphatic carbocycles. The van der Waals surface area contributed by atoms with Crippen molar-refractivity contribution in [3.8, 4) is 5.75 Å². The van der Waals surface area contributed by atoms with Crippen LogP contribution in [0.2, 0.25) is 0 Å². The average molecular weight is 176 g/mol. The molecule has 13 heavy (non-hydrogen) atoms. The molecule has 0 aromatic heterocycles. The third kappa shape index (κ3) is 2.44. The van der Waals surface area contributed by atoms with Gasteiger partial charge in [0.15, 0.2) is 5.78 Å². The Bertz CT molecular complexity index is 316. The number of benzene rings is 1. The fourth-order valence-electron chi connectivity index (χ4n) is 1.05. The van der Waals surface area contributed by atoms with Crippen molar-refractivity contribution in [3.63, 3.8) is 0 Å². The molecule has 2 nitrogen and oxygen atoms in total. The number of hydrogen-bond acceptors (Lipinski definition) is 2. The lowest BCUT2D eigenvalue weighted by Gasteiger charge is -2.01. The zero-order valence-electron chi connectivity index (χ0n) is 7.62. The number of methoxy groups -OCH3 is 1. The third-order valence-corrected chi connectivity index (χ3v) is 1.72. The Kier molecular flexibility index (Phi) is 3.26. The summed E-state index contributed by atoms with van der Waals surface area (Å²) in [6, 6.07) is 7.11. The minimum Gasteiger partial charge on any atom is -0.497 e. The molecule has 68 valence electrons. The SMILES string of the molecule is C=CCC(=O)c1cccc(OC)c1. The molecule has 0 bridgehead atoms. The summed E-state index contributed by atoms with van der Waals surface area (Å²) in [5.74, 6) is 0.767. The first kappa shape index (κ1) is 9.52. The van der Waals surface area contributed by atoms with Crippen LogP contribution in [0.3, 0.4) is 0 Å². The summed E-state index contributed by atoms with van der Waals surface area (Å²) in [5, 5.41) is 0. The quantitative estimate of drug-likeness (QED) is 0.520. The van der Waals surface area contributed by atoms with Crippen LogP contribution in [0, 0.1) is 0 Å². The standard InChI is InChI=1S/C11H12O2/c1-3-5-11(12)9-6-4-7-10(8-9)13-2/h3-4,6-8H,1,5H2,2H3. The summed E-state index contributed by atoms with van der Waals surface area (Å²) >= 11 is 0. The number of ketones is 1. The maximum absolute atomic E-state index is 11.4. The van der Waals surface area contributed by atoms with Gasteiger partial charge in [-0.15, -0.1) is 6.58 Å². The molecule has 0 atom stereocenters. The highest BCUT2D eigenvalue weighted by Gasteiger charge is 2.03. The van der Waals surface area contributed by atoms with Crippen molar-refractivity contribution < 1.29 is 9.53 Å². The number of Topliss-reactive ketones (excluding diaryl/α,β-unsaturated/α-hetero) is 1. The lowest BCUT2D eigenvalue weighted by atomic mass is 10.1. The molecule has 2 heteroatoms. The monoisotopic (exact) mass is 176 g/mol. The van der Waals surface area contributed by atoms with Crippen molar-refractivity contribution in [2.24, 2.45) is 0 Å². The molecular formula is C11H12O2. The molecular weight excluding hydrogens is 164 g/mol. The molecule has 0 fully saturated rings. The average Bonchev–Trinajstić information content (AvgIpc) is 2.18. The Morgan fingerprint density at radius 1 is 1.62 bits per heavy atom. The van der Waals surface area contributed by atoms with E-state index in [1.165, 1.54) is 0 Å². The van der Waals surface area contributed by atoms with E-state index in [1.54, 1.807) is 31.4 Å². The number of hydrogen-bond donors (Lipinski definition) is 0. The van der Waals surface area contributed by atoms with Gasteiger partial charge in [0.25, 0.3) is 0 Å². The lowest BCUT2D eigenvalue weighted by molar-refractivity contribution is 0.0995. The van der Waals surface area contributed by atoms with Crippen LogP contribution in [-0.4, -0.2) is 12.9 Å². The van der Waals surface area contributed by atoms with Crippen LogP contribution in [0.5, 0.6) is 5.75 Å². The van der Waals surface area contributed by atoms with E-state index in [4.69, 9.17) is 4.74 Å². The lowest BCUT2D eigenvalue weighted by Crippen LogP contribution is -1.97. The fraction of sp³-hybridized carbons (Fsp3) is 0.182. The molecule has 0 spiro atoms. The molecule has 0 saturated heterocycles. The van der Waals surface area contributed by atoms with Crippen molar-refractivity contribution in [2.75, 3.05) is 7.11 Å². The van der Waals surface area contributed by atoms with Gasteiger partial charge in [-0.3, -0.25) is 4.79 Å². The van der Waals surface area contributed by atoms with Crippen molar-refractivity contribution in [1.82, 2.24) is 0 Å². The second kappa shape index (κ2) is 4.45. The van der Waals surface area contributed by atoms with Gasteiger partial charge >= 0.3 is 0 Å². The van der Waals surface area contributed by atoms with Gasteiger partial charge < -0.3 is 4.74 Å². The van der Waals surface area contributed by atoms with Gasteiger partial charge in [0.2, 0.25) is 0 Å². The first-order valence-electron chi connectivity index (χ1n) is 4.06. The maximum Gasteiger partial charge on any atom is 0.166 e. The zero-order chi connectivity index (χ0) is 9.68. The Hall–Kier alpha value is -1.57. The Morgan fingerprint density at radius 2 is 2.38 bits per heavy atom. The molecule has 0 amide bonds. The van der Waals surface area contributed by atoms with Gasteiger partial charge in [-0.1, -0.05) is 18.2 Å².